The summed E-state index contributed by atoms with van der Waals surface area (Å²) in [4.78, 5) is 4.73. The second-order valence-electron chi connectivity index (χ2n) is 17.4. The molecule has 2 nitrogen and oxygen atoms in total. The zero-order valence-electron chi connectivity index (χ0n) is 31.4. The Morgan fingerprint density at radius 2 is 0.354 bits per heavy atom. The molecule has 0 heterocycles. The molecule has 2 heteroatoms. The maximum atomic E-state index is 2.36. The maximum absolute atomic E-state index is 2.36. The summed E-state index contributed by atoms with van der Waals surface area (Å²) >= 11 is 0. The fourth-order valence-corrected chi connectivity index (χ4v) is 6.09. The van der Waals surface area contributed by atoms with Gasteiger partial charge >= 0.3 is 0 Å². The molecule has 0 N–H and O–H groups in total. The van der Waals surface area contributed by atoms with Crippen LogP contribution in [-0.2, 0) is 21.7 Å². The van der Waals surface area contributed by atoms with Crippen molar-refractivity contribution in [3.05, 3.63) is 144 Å². The summed E-state index contributed by atoms with van der Waals surface area (Å²) in [5.41, 5.74) is 12.5. The molecule has 0 aliphatic heterocycles. The van der Waals surface area contributed by atoms with Crippen molar-refractivity contribution in [2.75, 3.05) is 9.80 Å². The Labute approximate surface area is 291 Å². The lowest BCUT2D eigenvalue weighted by atomic mass is 9.86. The van der Waals surface area contributed by atoms with Gasteiger partial charge in [-0.2, -0.15) is 0 Å². The van der Waals surface area contributed by atoms with Crippen molar-refractivity contribution in [1.82, 2.24) is 0 Å². The van der Waals surface area contributed by atoms with Gasteiger partial charge in [-0.25, -0.2) is 0 Å². The van der Waals surface area contributed by atoms with Gasteiger partial charge in [-0.15, -0.1) is 0 Å². The lowest BCUT2D eigenvalue weighted by molar-refractivity contribution is 0.590. The van der Waals surface area contributed by atoms with E-state index in [1.807, 2.05) is 0 Å². The molecule has 0 aliphatic rings. The highest BCUT2D eigenvalue weighted by Crippen LogP contribution is 2.41. The standard InChI is InChI=1S/C46H56N2/c1-43(2,3)33-13-21-37(22-14-33)47(38-23-15-34(16-24-38)44(4,5)6)41-29-31-42(32-30-41)48(39-25-17-35(18-26-39)45(7,8)9)40-27-19-36(20-28-40)46(10,11)12/h13-32H,1-12H3. The van der Waals surface area contributed by atoms with Crippen molar-refractivity contribution >= 4 is 34.1 Å². The highest BCUT2D eigenvalue weighted by Gasteiger charge is 2.21. The van der Waals surface area contributed by atoms with Crippen molar-refractivity contribution in [3.8, 4) is 0 Å². The summed E-state index contributed by atoms with van der Waals surface area (Å²) in [6, 6.07) is 45.2. The average Bonchev–Trinajstić information content (AvgIpc) is 3.01. The fourth-order valence-electron chi connectivity index (χ4n) is 6.09. The minimum atomic E-state index is 0.0962. The molecular formula is C46H56N2. The van der Waals surface area contributed by atoms with Gasteiger partial charge < -0.3 is 9.80 Å². The molecule has 0 bridgehead atoms. The minimum Gasteiger partial charge on any atom is -0.311 e. The first-order valence-corrected chi connectivity index (χ1v) is 17.4. The SMILES string of the molecule is CC(C)(C)c1ccc(N(c2ccc(N(c3ccc(C(C)(C)C)cc3)c3ccc(C(C)(C)C)cc3)cc2)c2ccc(C(C)(C)C)cc2)cc1. The predicted octanol–water partition coefficient (Wildman–Crippen LogP) is 13.8. The van der Waals surface area contributed by atoms with Crippen LogP contribution in [0.15, 0.2) is 121 Å². The fraction of sp³-hybridized carbons (Fsp3) is 0.348. The van der Waals surface area contributed by atoms with E-state index in [4.69, 9.17) is 0 Å². The summed E-state index contributed by atoms with van der Waals surface area (Å²) in [6.45, 7) is 27.2. The smallest absolute Gasteiger partial charge is 0.0463 e. The largest absolute Gasteiger partial charge is 0.311 e. The van der Waals surface area contributed by atoms with Crippen LogP contribution in [0.3, 0.4) is 0 Å². The molecule has 0 amide bonds. The molecule has 250 valence electrons. The molecular weight excluding hydrogens is 581 g/mol. The Morgan fingerprint density at radius 1 is 0.229 bits per heavy atom. The first-order valence-electron chi connectivity index (χ1n) is 17.4. The topological polar surface area (TPSA) is 6.48 Å². The molecule has 0 saturated heterocycles. The maximum Gasteiger partial charge on any atom is 0.0463 e. The van der Waals surface area contributed by atoms with Crippen molar-refractivity contribution in [2.24, 2.45) is 0 Å². The normalized spacial score (nSPS) is 12.6. The number of nitrogens with zero attached hydrogens (tertiary/aromatic N) is 2. The molecule has 0 aliphatic carbocycles. The van der Waals surface area contributed by atoms with E-state index in [0.29, 0.717) is 0 Å². The van der Waals surface area contributed by atoms with Crippen molar-refractivity contribution in [3.63, 3.8) is 0 Å². The summed E-state index contributed by atoms with van der Waals surface area (Å²) in [5, 5.41) is 0. The van der Waals surface area contributed by atoms with E-state index in [2.05, 4.69) is 214 Å². The number of rotatable bonds is 6. The van der Waals surface area contributed by atoms with Gasteiger partial charge in [-0.05, 0) is 117 Å². The number of hydrogen-bond donors (Lipinski definition) is 0. The van der Waals surface area contributed by atoms with Crippen LogP contribution in [0.1, 0.15) is 105 Å². The summed E-state index contributed by atoms with van der Waals surface area (Å²) < 4.78 is 0. The lowest BCUT2D eigenvalue weighted by Gasteiger charge is -2.30. The molecule has 0 radical (unpaired) electrons. The zero-order valence-corrected chi connectivity index (χ0v) is 31.4. The van der Waals surface area contributed by atoms with Crippen LogP contribution in [0, 0.1) is 0 Å². The Morgan fingerprint density at radius 3 is 0.479 bits per heavy atom. The number of anilines is 6. The highest BCUT2D eigenvalue weighted by atomic mass is 15.2. The van der Waals surface area contributed by atoms with Crippen LogP contribution in [-0.4, -0.2) is 0 Å². The molecule has 5 aromatic carbocycles. The van der Waals surface area contributed by atoms with Crippen molar-refractivity contribution < 1.29 is 0 Å². The summed E-state index contributed by atoms with van der Waals surface area (Å²) in [7, 11) is 0. The molecule has 0 saturated carbocycles. The molecule has 0 fully saturated rings. The van der Waals surface area contributed by atoms with Crippen LogP contribution in [0.25, 0.3) is 0 Å². The molecule has 0 aromatic heterocycles. The molecule has 0 atom stereocenters. The molecule has 5 rings (SSSR count). The van der Waals surface area contributed by atoms with Crippen LogP contribution < -0.4 is 9.80 Å². The number of hydrogen-bond acceptors (Lipinski definition) is 2. The Kier molecular flexibility index (Phi) is 9.45. The summed E-state index contributed by atoms with van der Waals surface area (Å²) in [5.74, 6) is 0. The van der Waals surface area contributed by atoms with E-state index in [9.17, 15) is 0 Å². The quantitative estimate of drug-likeness (QED) is 0.183. The van der Waals surface area contributed by atoms with E-state index in [-0.39, 0.29) is 21.7 Å². The van der Waals surface area contributed by atoms with Gasteiger partial charge in [0.05, 0.1) is 0 Å². The monoisotopic (exact) mass is 636 g/mol. The van der Waals surface area contributed by atoms with Crippen LogP contribution in [0.5, 0.6) is 0 Å². The van der Waals surface area contributed by atoms with Crippen molar-refractivity contribution in [1.29, 1.82) is 0 Å². The summed E-state index contributed by atoms with van der Waals surface area (Å²) in [6.07, 6.45) is 0. The van der Waals surface area contributed by atoms with Gasteiger partial charge in [0.15, 0.2) is 0 Å². The van der Waals surface area contributed by atoms with Gasteiger partial charge in [0.1, 0.15) is 0 Å². The van der Waals surface area contributed by atoms with E-state index in [0.717, 1.165) is 34.1 Å². The molecule has 48 heavy (non-hydrogen) atoms. The first kappa shape index (κ1) is 35.0. The zero-order chi connectivity index (χ0) is 35.1. The van der Waals surface area contributed by atoms with Crippen LogP contribution in [0.4, 0.5) is 34.1 Å². The highest BCUT2D eigenvalue weighted by molar-refractivity contribution is 5.81. The van der Waals surface area contributed by atoms with E-state index in [1.165, 1.54) is 22.3 Å². The van der Waals surface area contributed by atoms with Crippen LogP contribution >= 0.6 is 0 Å². The van der Waals surface area contributed by atoms with Crippen molar-refractivity contribution in [2.45, 2.75) is 105 Å². The third kappa shape index (κ3) is 7.87. The first-order chi connectivity index (χ1) is 22.3. The van der Waals surface area contributed by atoms with E-state index in [1.54, 1.807) is 0 Å². The number of benzene rings is 5. The second kappa shape index (κ2) is 13.0. The van der Waals surface area contributed by atoms with Gasteiger partial charge in [0.25, 0.3) is 0 Å². The molecule has 0 spiro atoms. The van der Waals surface area contributed by atoms with Gasteiger partial charge in [-0.1, -0.05) is 132 Å². The van der Waals surface area contributed by atoms with E-state index >= 15 is 0 Å². The third-order valence-corrected chi connectivity index (χ3v) is 9.33. The van der Waals surface area contributed by atoms with Gasteiger partial charge in [0.2, 0.25) is 0 Å². The molecule has 5 aromatic rings. The average molecular weight is 637 g/mol. The Bertz CT molecular complexity index is 1530. The Hall–Kier alpha value is -4.30. The Balaban J connectivity index is 1.59. The molecule has 0 unspecified atom stereocenters. The predicted molar refractivity (Wildman–Crippen MR) is 211 cm³/mol. The van der Waals surface area contributed by atoms with Crippen LogP contribution in [0.2, 0.25) is 0 Å². The lowest BCUT2D eigenvalue weighted by Crippen LogP contribution is -2.15. The minimum absolute atomic E-state index is 0.0962. The van der Waals surface area contributed by atoms with E-state index < -0.39 is 0 Å². The third-order valence-electron chi connectivity index (χ3n) is 9.33. The second-order valence-corrected chi connectivity index (χ2v) is 17.4. The van der Waals surface area contributed by atoms with Gasteiger partial charge in [-0.3, -0.25) is 0 Å². The van der Waals surface area contributed by atoms with Gasteiger partial charge in [0, 0.05) is 34.1 Å².